The predicted octanol–water partition coefficient (Wildman–Crippen LogP) is 3.11. The molecule has 2 heterocycles. The van der Waals surface area contributed by atoms with E-state index >= 15 is 0 Å². The Morgan fingerprint density at radius 3 is 2.71 bits per heavy atom. The van der Waals surface area contributed by atoms with Crippen LogP contribution in [0.2, 0.25) is 0 Å². The minimum Gasteiger partial charge on any atom is -0.454 e. The quantitative estimate of drug-likeness (QED) is 0.226. The number of ether oxygens (including phenoxy) is 2. The van der Waals surface area contributed by atoms with Gasteiger partial charge in [-0.3, -0.25) is 20.3 Å². The zero-order chi connectivity index (χ0) is 23.7. The Morgan fingerprint density at radius 1 is 1.12 bits per heavy atom. The zero-order valence-corrected chi connectivity index (χ0v) is 17.5. The van der Waals surface area contributed by atoms with Gasteiger partial charge in [-0.25, -0.2) is 4.98 Å². The Morgan fingerprint density at radius 2 is 1.91 bits per heavy atom. The summed E-state index contributed by atoms with van der Waals surface area (Å²) in [5, 5.41) is 26.6. The second-order valence-electron chi connectivity index (χ2n) is 7.36. The second kappa shape index (κ2) is 8.64. The van der Waals surface area contributed by atoms with Crippen molar-refractivity contribution in [2.24, 2.45) is 5.10 Å². The van der Waals surface area contributed by atoms with Gasteiger partial charge in [0, 0.05) is 12.1 Å². The molecule has 4 aromatic rings. The molecule has 0 amide bonds. The molecule has 0 radical (unpaired) electrons. The van der Waals surface area contributed by atoms with Crippen LogP contribution in [0.4, 0.5) is 11.4 Å². The lowest BCUT2D eigenvalue weighted by atomic mass is 10.0. The van der Waals surface area contributed by atoms with Gasteiger partial charge in [0.2, 0.25) is 6.79 Å². The van der Waals surface area contributed by atoms with E-state index in [4.69, 9.17) is 9.47 Å². The highest BCUT2D eigenvalue weighted by molar-refractivity contribution is 6.03. The van der Waals surface area contributed by atoms with Gasteiger partial charge >= 0.3 is 0 Å². The van der Waals surface area contributed by atoms with Gasteiger partial charge in [0.25, 0.3) is 11.2 Å². The van der Waals surface area contributed by atoms with Gasteiger partial charge in [-0.05, 0) is 35.9 Å². The van der Waals surface area contributed by atoms with Crippen molar-refractivity contribution in [1.29, 1.82) is 0 Å². The van der Waals surface area contributed by atoms with Gasteiger partial charge < -0.3 is 19.6 Å². The molecule has 0 fully saturated rings. The maximum atomic E-state index is 12.9. The van der Waals surface area contributed by atoms with E-state index in [0.717, 1.165) is 0 Å². The molecule has 11 nitrogen and oxygen atoms in total. The number of aromatic amines is 1. The number of nitro benzene ring substituents is 1. The number of nitro groups is 1. The lowest BCUT2D eigenvalue weighted by Crippen LogP contribution is -2.26. The minimum absolute atomic E-state index is 0.0516. The fourth-order valence-electron chi connectivity index (χ4n) is 3.48. The second-order valence-corrected chi connectivity index (χ2v) is 7.36. The lowest BCUT2D eigenvalue weighted by molar-refractivity contribution is -0.384. The molecule has 0 unspecified atom stereocenters. The van der Waals surface area contributed by atoms with Gasteiger partial charge in [0.1, 0.15) is 11.8 Å². The molecule has 5 rings (SSSR count). The molecule has 0 aliphatic carbocycles. The number of nitrogens with zero attached hydrogens (tertiary/aromatic N) is 3. The van der Waals surface area contributed by atoms with Gasteiger partial charge in [0.05, 0.1) is 21.6 Å². The first kappa shape index (κ1) is 21.1. The standard InChI is InChI=1S/C23H17N5O6/c29-22(13-6-9-18-19(10-13)34-12-33-18)20(27-26-14-4-2-1-3-5-14)21-23(30)25-17-11-15(28(31)32)7-8-16(17)24-21/h1-11,22,26,29H,12H2,(H,25,30)/b27-20+/t22-/m1/s1. The molecule has 1 aliphatic heterocycles. The number of benzene rings is 3. The molecule has 34 heavy (non-hydrogen) atoms. The number of rotatable bonds is 6. The summed E-state index contributed by atoms with van der Waals surface area (Å²) in [7, 11) is 0. The highest BCUT2D eigenvalue weighted by atomic mass is 16.7. The number of anilines is 1. The molecule has 1 aliphatic rings. The Balaban J connectivity index is 1.61. The Hall–Kier alpha value is -4.77. The Bertz CT molecular complexity index is 1480. The summed E-state index contributed by atoms with van der Waals surface area (Å²) in [5.74, 6) is 1.000. The number of aromatic nitrogens is 2. The third-order valence-electron chi connectivity index (χ3n) is 5.18. The lowest BCUT2D eigenvalue weighted by Gasteiger charge is -2.15. The van der Waals surface area contributed by atoms with Gasteiger partial charge in [-0.2, -0.15) is 5.10 Å². The molecule has 0 saturated heterocycles. The van der Waals surface area contributed by atoms with Gasteiger partial charge in [-0.15, -0.1) is 0 Å². The summed E-state index contributed by atoms with van der Waals surface area (Å²) in [6.07, 6.45) is -1.35. The number of hydrogen-bond acceptors (Lipinski definition) is 9. The van der Waals surface area contributed by atoms with Gasteiger partial charge in [-0.1, -0.05) is 24.3 Å². The number of aliphatic hydroxyl groups is 1. The number of hydrogen-bond donors (Lipinski definition) is 3. The van der Waals surface area contributed by atoms with Crippen LogP contribution < -0.4 is 20.5 Å². The van der Waals surface area contributed by atoms with E-state index in [1.807, 2.05) is 6.07 Å². The number of para-hydroxylation sites is 1. The van der Waals surface area contributed by atoms with E-state index < -0.39 is 16.6 Å². The molecule has 3 aromatic carbocycles. The summed E-state index contributed by atoms with van der Waals surface area (Å²) < 4.78 is 10.7. The number of nitrogens with one attached hydrogen (secondary N) is 2. The summed E-state index contributed by atoms with van der Waals surface area (Å²) in [4.78, 5) is 30.4. The largest absolute Gasteiger partial charge is 0.454 e. The van der Waals surface area contributed by atoms with Crippen molar-refractivity contribution in [3.05, 3.63) is 98.5 Å². The molecule has 0 bridgehead atoms. The van der Waals surface area contributed by atoms with Crippen molar-refractivity contribution in [2.75, 3.05) is 12.2 Å². The van der Waals surface area contributed by atoms with Crippen LogP contribution in [0.5, 0.6) is 11.5 Å². The molecule has 3 N–H and O–H groups in total. The zero-order valence-electron chi connectivity index (χ0n) is 17.5. The van der Waals surface area contributed by atoms with Crippen LogP contribution in [0, 0.1) is 10.1 Å². The third kappa shape index (κ3) is 4.02. The van der Waals surface area contributed by atoms with Crippen LogP contribution in [-0.2, 0) is 0 Å². The van der Waals surface area contributed by atoms with E-state index in [1.54, 1.807) is 42.5 Å². The minimum atomic E-state index is -1.35. The molecular formula is C23H17N5O6. The van der Waals surface area contributed by atoms with Crippen LogP contribution >= 0.6 is 0 Å². The molecule has 0 spiro atoms. The van der Waals surface area contributed by atoms with Crippen molar-refractivity contribution in [3.8, 4) is 11.5 Å². The molecule has 170 valence electrons. The highest BCUT2D eigenvalue weighted by Crippen LogP contribution is 2.35. The molecular weight excluding hydrogens is 442 g/mol. The van der Waals surface area contributed by atoms with Crippen LogP contribution in [0.15, 0.2) is 76.6 Å². The van der Waals surface area contributed by atoms with Crippen molar-refractivity contribution in [1.82, 2.24) is 9.97 Å². The van der Waals surface area contributed by atoms with E-state index in [-0.39, 0.29) is 29.4 Å². The summed E-state index contributed by atoms with van der Waals surface area (Å²) in [5.41, 5.74) is 3.32. The Kier molecular flexibility index (Phi) is 5.36. The summed E-state index contributed by atoms with van der Waals surface area (Å²) in [6, 6.07) is 17.8. The van der Waals surface area contributed by atoms with E-state index in [9.17, 15) is 20.0 Å². The average molecular weight is 459 g/mol. The number of hydrazone groups is 1. The average Bonchev–Trinajstić information content (AvgIpc) is 3.32. The Labute approximate surface area is 191 Å². The monoisotopic (exact) mass is 459 g/mol. The summed E-state index contributed by atoms with van der Waals surface area (Å²) in [6.45, 7) is 0.0728. The normalized spacial score (nSPS) is 13.6. The van der Waals surface area contributed by atoms with Crippen LogP contribution in [0.3, 0.4) is 0 Å². The summed E-state index contributed by atoms with van der Waals surface area (Å²) >= 11 is 0. The number of H-pyrrole nitrogens is 1. The topological polar surface area (TPSA) is 152 Å². The van der Waals surface area contributed by atoms with E-state index in [1.165, 1.54) is 18.2 Å². The van der Waals surface area contributed by atoms with Crippen LogP contribution in [-0.4, -0.2) is 32.5 Å². The fourth-order valence-corrected chi connectivity index (χ4v) is 3.48. The first-order valence-corrected chi connectivity index (χ1v) is 10.1. The number of non-ortho nitro benzene ring substituents is 1. The SMILES string of the molecule is O=c1[nH]c2cc([N+](=O)[O-])ccc2nc1/C(=N\Nc1ccccc1)[C@H](O)c1ccc2c(c1)OCO2. The van der Waals surface area contributed by atoms with Crippen molar-refractivity contribution in [2.45, 2.75) is 6.10 Å². The van der Waals surface area contributed by atoms with Crippen LogP contribution in [0.25, 0.3) is 11.0 Å². The third-order valence-corrected chi connectivity index (χ3v) is 5.18. The first-order chi connectivity index (χ1) is 16.5. The molecule has 0 saturated carbocycles. The van der Waals surface area contributed by atoms with E-state index in [2.05, 4.69) is 20.5 Å². The van der Waals surface area contributed by atoms with Crippen LogP contribution in [0.1, 0.15) is 17.4 Å². The highest BCUT2D eigenvalue weighted by Gasteiger charge is 2.25. The van der Waals surface area contributed by atoms with Crippen molar-refractivity contribution >= 4 is 28.1 Å². The maximum absolute atomic E-state index is 12.9. The predicted molar refractivity (Wildman–Crippen MR) is 123 cm³/mol. The van der Waals surface area contributed by atoms with E-state index in [0.29, 0.717) is 28.3 Å². The van der Waals surface area contributed by atoms with Crippen molar-refractivity contribution in [3.63, 3.8) is 0 Å². The molecule has 11 heteroatoms. The fraction of sp³-hybridized carbons (Fsp3) is 0.0870. The molecule has 1 aromatic heterocycles. The smallest absolute Gasteiger partial charge is 0.276 e. The first-order valence-electron chi connectivity index (χ1n) is 10.1. The number of aliphatic hydroxyl groups excluding tert-OH is 1. The van der Waals surface area contributed by atoms with Gasteiger partial charge in [0.15, 0.2) is 17.2 Å². The van der Waals surface area contributed by atoms with Crippen molar-refractivity contribution < 1.29 is 19.5 Å². The maximum Gasteiger partial charge on any atom is 0.276 e. The molecule has 1 atom stereocenters. The number of fused-ring (bicyclic) bond motifs is 2.